The maximum Gasteiger partial charge on any atom is 0.266 e. The minimum atomic E-state index is -0.439. The summed E-state index contributed by atoms with van der Waals surface area (Å²) >= 11 is 0. The maximum absolute atomic E-state index is 11.9. The summed E-state index contributed by atoms with van der Waals surface area (Å²) in [5, 5.41) is 33.2. The van der Waals surface area contributed by atoms with E-state index < -0.39 is 5.91 Å². The predicted molar refractivity (Wildman–Crippen MR) is 97.2 cm³/mol. The number of benzene rings is 2. The van der Waals surface area contributed by atoms with E-state index in [0.717, 1.165) is 5.56 Å². The van der Waals surface area contributed by atoms with Crippen LogP contribution >= 0.6 is 0 Å². The van der Waals surface area contributed by atoms with Gasteiger partial charge in [0.1, 0.15) is 23.9 Å². The molecule has 0 spiro atoms. The molecule has 4 N–H and O–H groups in total. The number of hydrogen-bond acceptors (Lipinski definition) is 6. The third-order valence-corrected chi connectivity index (χ3v) is 3.78. The van der Waals surface area contributed by atoms with Crippen LogP contribution in [0, 0.1) is 6.92 Å². The van der Waals surface area contributed by atoms with Gasteiger partial charge in [-0.1, -0.05) is 19.1 Å². The van der Waals surface area contributed by atoms with Crippen molar-refractivity contribution in [1.29, 1.82) is 0 Å². The fourth-order valence-corrected chi connectivity index (χ4v) is 2.32. The van der Waals surface area contributed by atoms with Crippen molar-refractivity contribution in [2.45, 2.75) is 26.9 Å². The summed E-state index contributed by atoms with van der Waals surface area (Å²) in [7, 11) is 0. The average Bonchev–Trinajstić information content (AvgIpc) is 2.62. The molecule has 138 valence electrons. The van der Waals surface area contributed by atoms with E-state index in [9.17, 15) is 20.1 Å². The van der Waals surface area contributed by atoms with Crippen molar-refractivity contribution in [3.8, 4) is 17.2 Å². The van der Waals surface area contributed by atoms with Gasteiger partial charge in [-0.25, -0.2) is 5.43 Å². The third-order valence-electron chi connectivity index (χ3n) is 3.78. The third kappa shape index (κ3) is 4.97. The molecule has 0 heterocycles. The number of ether oxygens (including phenoxy) is 1. The summed E-state index contributed by atoms with van der Waals surface area (Å²) in [4.78, 5) is 11.9. The highest BCUT2D eigenvalue weighted by molar-refractivity contribution is 6.03. The van der Waals surface area contributed by atoms with Gasteiger partial charge in [-0.05, 0) is 43.2 Å². The molecule has 0 saturated carbocycles. The summed E-state index contributed by atoms with van der Waals surface area (Å²) in [6.07, 6.45) is 0.474. The minimum absolute atomic E-state index is 0.00825. The fourth-order valence-electron chi connectivity index (χ4n) is 2.32. The quantitative estimate of drug-likeness (QED) is 0.449. The zero-order chi connectivity index (χ0) is 19.1. The number of carbonyl (C=O) groups is 1. The van der Waals surface area contributed by atoms with Gasteiger partial charge in [0.15, 0.2) is 0 Å². The molecule has 0 aliphatic heterocycles. The Morgan fingerprint density at radius 1 is 1.19 bits per heavy atom. The smallest absolute Gasteiger partial charge is 0.266 e. The van der Waals surface area contributed by atoms with Gasteiger partial charge >= 0.3 is 0 Å². The van der Waals surface area contributed by atoms with Crippen LogP contribution in [-0.4, -0.2) is 33.5 Å². The molecule has 2 aromatic carbocycles. The second-order valence-corrected chi connectivity index (χ2v) is 5.72. The highest BCUT2D eigenvalue weighted by Crippen LogP contribution is 2.30. The van der Waals surface area contributed by atoms with E-state index in [0.29, 0.717) is 23.3 Å². The second kappa shape index (κ2) is 8.87. The molecule has 7 heteroatoms. The van der Waals surface area contributed by atoms with Crippen LogP contribution in [0.5, 0.6) is 17.2 Å². The Morgan fingerprint density at radius 3 is 2.65 bits per heavy atom. The first-order valence-electron chi connectivity index (χ1n) is 8.15. The van der Waals surface area contributed by atoms with E-state index in [1.807, 2.05) is 6.92 Å². The number of amides is 1. The Balaban J connectivity index is 1.94. The molecule has 0 atom stereocenters. The van der Waals surface area contributed by atoms with Crippen LogP contribution in [0.1, 0.15) is 30.0 Å². The van der Waals surface area contributed by atoms with Crippen LogP contribution in [0.2, 0.25) is 0 Å². The molecular weight excluding hydrogens is 336 g/mol. The van der Waals surface area contributed by atoms with E-state index in [1.54, 1.807) is 37.3 Å². The molecule has 0 fully saturated rings. The molecule has 0 unspecified atom stereocenters. The molecule has 1 amide bonds. The molecule has 0 bridgehead atoms. The number of carbonyl (C=O) groups excluding carboxylic acids is 1. The van der Waals surface area contributed by atoms with E-state index in [4.69, 9.17) is 4.74 Å². The van der Waals surface area contributed by atoms with Crippen molar-refractivity contribution >= 4 is 11.6 Å². The number of rotatable bonds is 7. The normalized spacial score (nSPS) is 11.4. The molecule has 2 rings (SSSR count). The Kier molecular flexibility index (Phi) is 6.57. The largest absolute Gasteiger partial charge is 0.508 e. The number of hydrazone groups is 1. The molecule has 0 radical (unpaired) electrons. The first-order chi connectivity index (χ1) is 12.4. The molecule has 0 aliphatic carbocycles. The van der Waals surface area contributed by atoms with Crippen LogP contribution < -0.4 is 5.43 Å². The number of aromatic hydroxyl groups is 3. The zero-order valence-corrected chi connectivity index (χ0v) is 14.7. The monoisotopic (exact) mass is 358 g/mol. The lowest BCUT2D eigenvalue weighted by atomic mass is 10.0. The molecule has 0 aliphatic rings. The van der Waals surface area contributed by atoms with E-state index in [1.165, 1.54) is 6.07 Å². The number of phenolic OH excluding ortho intramolecular Hbond substituents is 3. The van der Waals surface area contributed by atoms with Crippen molar-refractivity contribution in [3.63, 3.8) is 0 Å². The first kappa shape index (κ1) is 19.3. The Morgan fingerprint density at radius 2 is 1.96 bits per heavy atom. The number of hydrogen-bond donors (Lipinski definition) is 4. The number of nitrogens with zero attached hydrogens (tertiary/aromatic N) is 1. The van der Waals surface area contributed by atoms with Crippen molar-refractivity contribution < 1.29 is 24.9 Å². The van der Waals surface area contributed by atoms with E-state index in [-0.39, 0.29) is 30.5 Å². The summed E-state index contributed by atoms with van der Waals surface area (Å²) in [6, 6.07) is 9.60. The van der Waals surface area contributed by atoms with Crippen molar-refractivity contribution in [2.75, 3.05) is 6.61 Å². The minimum Gasteiger partial charge on any atom is -0.508 e. The van der Waals surface area contributed by atoms with Crippen LogP contribution in [-0.2, 0) is 16.1 Å². The predicted octanol–water partition coefficient (Wildman–Crippen LogP) is 2.56. The van der Waals surface area contributed by atoms with Gasteiger partial charge in [0.05, 0.1) is 12.3 Å². The Hall–Kier alpha value is -3.06. The Labute approximate surface area is 151 Å². The molecule has 0 aromatic heterocycles. The molecule has 0 saturated heterocycles. The summed E-state index contributed by atoms with van der Waals surface area (Å²) < 4.78 is 5.29. The molecule has 2 aromatic rings. The highest BCUT2D eigenvalue weighted by atomic mass is 16.5. The molecule has 26 heavy (non-hydrogen) atoms. The van der Waals surface area contributed by atoms with Crippen LogP contribution in [0.3, 0.4) is 0 Å². The van der Waals surface area contributed by atoms with Crippen LogP contribution in [0.25, 0.3) is 0 Å². The summed E-state index contributed by atoms with van der Waals surface area (Å²) in [5.41, 5.74) is 4.42. The van der Waals surface area contributed by atoms with Crippen molar-refractivity contribution in [3.05, 3.63) is 53.1 Å². The first-order valence-corrected chi connectivity index (χ1v) is 8.15. The van der Waals surface area contributed by atoms with Gasteiger partial charge in [0.2, 0.25) is 0 Å². The van der Waals surface area contributed by atoms with Crippen molar-refractivity contribution in [2.24, 2.45) is 5.10 Å². The molecular formula is C19H22N2O5. The van der Waals surface area contributed by atoms with Crippen LogP contribution in [0.4, 0.5) is 0 Å². The maximum atomic E-state index is 11.9. The van der Waals surface area contributed by atoms with Crippen molar-refractivity contribution in [1.82, 2.24) is 5.43 Å². The SMILES string of the molecule is CC/C(=N\NC(=O)COCc1cccc(O)c1)c1ccc(O)c(C)c1O. The van der Waals surface area contributed by atoms with E-state index in [2.05, 4.69) is 10.5 Å². The topological polar surface area (TPSA) is 111 Å². The summed E-state index contributed by atoms with van der Waals surface area (Å²) in [5.74, 6) is -0.381. The van der Waals surface area contributed by atoms with E-state index >= 15 is 0 Å². The van der Waals surface area contributed by atoms with Gasteiger partial charge in [0, 0.05) is 11.1 Å². The lowest BCUT2D eigenvalue weighted by Gasteiger charge is -2.10. The standard InChI is InChI=1S/C19H22N2O5/c1-3-16(15-7-8-17(23)12(2)19(15)25)20-21-18(24)11-26-10-13-5-4-6-14(22)9-13/h4-9,22-23,25H,3,10-11H2,1-2H3,(H,21,24)/b20-16+. The van der Waals surface area contributed by atoms with Gasteiger partial charge in [-0.15, -0.1) is 0 Å². The molecule has 7 nitrogen and oxygen atoms in total. The van der Waals surface area contributed by atoms with Gasteiger partial charge in [-0.2, -0.15) is 5.10 Å². The number of nitrogens with one attached hydrogen (secondary N) is 1. The number of phenols is 3. The van der Waals surface area contributed by atoms with Crippen LogP contribution in [0.15, 0.2) is 41.5 Å². The van der Waals surface area contributed by atoms with Gasteiger partial charge in [0.25, 0.3) is 5.91 Å². The zero-order valence-electron chi connectivity index (χ0n) is 14.7. The Bertz CT molecular complexity index is 818. The van der Waals surface area contributed by atoms with Gasteiger partial charge in [-0.3, -0.25) is 4.79 Å². The van der Waals surface area contributed by atoms with Gasteiger partial charge < -0.3 is 20.1 Å². The summed E-state index contributed by atoms with van der Waals surface area (Å²) in [6.45, 7) is 3.42. The second-order valence-electron chi connectivity index (χ2n) is 5.72. The lowest BCUT2D eigenvalue weighted by Crippen LogP contribution is -2.24. The highest BCUT2D eigenvalue weighted by Gasteiger charge is 2.13. The average molecular weight is 358 g/mol. The fraction of sp³-hybridized carbons (Fsp3) is 0.263. The lowest BCUT2D eigenvalue weighted by molar-refractivity contribution is -0.126.